The second kappa shape index (κ2) is 9.06. The molecular weight excluding hydrogens is 407 g/mol. The minimum absolute atomic E-state index is 0.00253. The van der Waals surface area contributed by atoms with Crippen molar-refractivity contribution in [1.82, 2.24) is 10.0 Å². The zero-order chi connectivity index (χ0) is 20.2. The summed E-state index contributed by atoms with van der Waals surface area (Å²) in [6, 6.07) is 9.85. The number of hydrogen-bond acceptors (Lipinski definition) is 3. The first-order valence-corrected chi connectivity index (χ1v) is 10.7. The first kappa shape index (κ1) is 21.7. The maximum atomic E-state index is 12.4. The monoisotopic (exact) mass is 428 g/mol. The quantitative estimate of drug-likeness (QED) is 0.694. The van der Waals surface area contributed by atoms with Crippen molar-refractivity contribution in [3.05, 3.63) is 63.1 Å². The first-order chi connectivity index (χ1) is 12.6. The van der Waals surface area contributed by atoms with E-state index in [9.17, 15) is 13.2 Å². The minimum atomic E-state index is -3.66. The molecule has 27 heavy (non-hydrogen) atoms. The van der Waals surface area contributed by atoms with Crippen LogP contribution < -0.4 is 10.0 Å². The van der Waals surface area contributed by atoms with Crippen LogP contribution in [0, 0.1) is 13.8 Å². The number of nitrogens with one attached hydrogen (secondary N) is 2. The van der Waals surface area contributed by atoms with Gasteiger partial charge in [0, 0.05) is 23.0 Å². The predicted octanol–water partition coefficient (Wildman–Crippen LogP) is 4.16. The SMILES string of the molecule is Cc1ccc(S(=O)(=O)NCCC(=O)NC(C)c2ccc(Cl)cc2Cl)c(C)c1. The highest BCUT2D eigenvalue weighted by atomic mass is 35.5. The highest BCUT2D eigenvalue weighted by molar-refractivity contribution is 7.89. The molecule has 146 valence electrons. The largest absolute Gasteiger partial charge is 0.349 e. The average Bonchev–Trinajstić information content (AvgIpc) is 2.53. The van der Waals surface area contributed by atoms with Gasteiger partial charge in [-0.15, -0.1) is 0 Å². The molecule has 0 aliphatic carbocycles. The summed E-state index contributed by atoms with van der Waals surface area (Å²) in [6.07, 6.45) is 0.0136. The molecule has 0 saturated heterocycles. The van der Waals surface area contributed by atoms with E-state index in [0.717, 1.165) is 11.1 Å². The molecule has 0 bridgehead atoms. The highest BCUT2D eigenvalue weighted by Gasteiger charge is 2.18. The number of sulfonamides is 1. The van der Waals surface area contributed by atoms with Crippen molar-refractivity contribution >= 4 is 39.1 Å². The van der Waals surface area contributed by atoms with E-state index in [2.05, 4.69) is 10.0 Å². The fraction of sp³-hybridized carbons (Fsp3) is 0.316. The number of rotatable bonds is 7. The third kappa shape index (κ3) is 5.94. The Morgan fingerprint density at radius 1 is 1.11 bits per heavy atom. The van der Waals surface area contributed by atoms with Crippen LogP contribution in [0.1, 0.15) is 36.1 Å². The van der Waals surface area contributed by atoms with Crippen molar-refractivity contribution in [3.8, 4) is 0 Å². The van der Waals surface area contributed by atoms with Gasteiger partial charge in [0.2, 0.25) is 15.9 Å². The lowest BCUT2D eigenvalue weighted by atomic mass is 10.1. The van der Waals surface area contributed by atoms with Gasteiger partial charge >= 0.3 is 0 Å². The summed E-state index contributed by atoms with van der Waals surface area (Å²) >= 11 is 12.0. The molecule has 8 heteroatoms. The molecule has 1 amide bonds. The summed E-state index contributed by atoms with van der Waals surface area (Å²) < 4.78 is 27.3. The van der Waals surface area contributed by atoms with E-state index in [4.69, 9.17) is 23.2 Å². The van der Waals surface area contributed by atoms with E-state index in [1.807, 2.05) is 6.92 Å². The average molecular weight is 429 g/mol. The molecule has 5 nitrogen and oxygen atoms in total. The maximum absolute atomic E-state index is 12.4. The number of benzene rings is 2. The molecule has 0 aliphatic heterocycles. The van der Waals surface area contributed by atoms with Crippen LogP contribution in [0.5, 0.6) is 0 Å². The van der Waals surface area contributed by atoms with Gasteiger partial charge < -0.3 is 5.32 Å². The van der Waals surface area contributed by atoms with Crippen molar-refractivity contribution in [2.75, 3.05) is 6.54 Å². The Balaban J connectivity index is 1.91. The number of halogens is 2. The Morgan fingerprint density at radius 3 is 2.44 bits per heavy atom. The molecule has 1 atom stereocenters. The van der Waals surface area contributed by atoms with Crippen LogP contribution in [0.4, 0.5) is 0 Å². The van der Waals surface area contributed by atoms with Gasteiger partial charge in [-0.1, -0.05) is 47.0 Å². The Bertz CT molecular complexity index is 946. The van der Waals surface area contributed by atoms with Crippen LogP contribution in [0.25, 0.3) is 0 Å². The molecule has 0 saturated carbocycles. The topological polar surface area (TPSA) is 75.3 Å². The molecule has 2 N–H and O–H groups in total. The molecule has 1 unspecified atom stereocenters. The van der Waals surface area contributed by atoms with E-state index in [0.29, 0.717) is 15.6 Å². The lowest BCUT2D eigenvalue weighted by Crippen LogP contribution is -2.32. The van der Waals surface area contributed by atoms with E-state index in [1.165, 1.54) is 0 Å². The zero-order valence-corrected chi connectivity index (χ0v) is 17.7. The third-order valence-electron chi connectivity index (χ3n) is 4.07. The van der Waals surface area contributed by atoms with E-state index in [1.54, 1.807) is 50.2 Å². The Labute approximate surface area is 170 Å². The lowest BCUT2D eigenvalue weighted by molar-refractivity contribution is -0.121. The van der Waals surface area contributed by atoms with Gasteiger partial charge in [-0.2, -0.15) is 0 Å². The standard InChI is InChI=1S/C19H22Cl2N2O3S/c1-12-4-7-18(13(2)10-12)27(25,26)22-9-8-19(24)23-14(3)16-6-5-15(20)11-17(16)21/h4-7,10-11,14,22H,8-9H2,1-3H3,(H,23,24). The van der Waals surface area contributed by atoms with Crippen molar-refractivity contribution in [3.63, 3.8) is 0 Å². The molecular formula is C19H22Cl2N2O3S. The highest BCUT2D eigenvalue weighted by Crippen LogP contribution is 2.26. The number of amides is 1. The van der Waals surface area contributed by atoms with Crippen LogP contribution in [-0.2, 0) is 14.8 Å². The van der Waals surface area contributed by atoms with Crippen molar-refractivity contribution in [2.45, 2.75) is 38.1 Å². The Hall–Kier alpha value is -1.60. The molecule has 0 spiro atoms. The fourth-order valence-electron chi connectivity index (χ4n) is 2.72. The first-order valence-electron chi connectivity index (χ1n) is 8.41. The molecule has 0 radical (unpaired) electrons. The van der Waals surface area contributed by atoms with Gasteiger partial charge in [0.15, 0.2) is 0 Å². The fourth-order valence-corrected chi connectivity index (χ4v) is 4.55. The maximum Gasteiger partial charge on any atom is 0.240 e. The molecule has 2 rings (SSSR count). The second-order valence-electron chi connectivity index (χ2n) is 6.37. The van der Waals surface area contributed by atoms with Crippen LogP contribution >= 0.6 is 23.2 Å². The summed E-state index contributed by atoms with van der Waals surface area (Å²) in [5.74, 6) is -0.281. The molecule has 0 fully saturated rings. The van der Waals surface area contributed by atoms with Crippen molar-refractivity contribution in [1.29, 1.82) is 0 Å². The normalized spacial score (nSPS) is 12.6. The smallest absolute Gasteiger partial charge is 0.240 e. The zero-order valence-electron chi connectivity index (χ0n) is 15.3. The summed E-state index contributed by atoms with van der Waals surface area (Å²) in [7, 11) is -3.66. The number of carbonyl (C=O) groups excluding carboxylic acids is 1. The Kier molecular flexibility index (Phi) is 7.28. The third-order valence-corrected chi connectivity index (χ3v) is 6.25. The van der Waals surface area contributed by atoms with Crippen LogP contribution in [0.2, 0.25) is 10.0 Å². The van der Waals surface area contributed by atoms with E-state index in [-0.39, 0.29) is 29.8 Å². The molecule has 0 aromatic heterocycles. The number of carbonyl (C=O) groups is 1. The number of aryl methyl sites for hydroxylation is 2. The number of hydrogen-bond donors (Lipinski definition) is 2. The van der Waals surface area contributed by atoms with Crippen LogP contribution in [-0.4, -0.2) is 20.9 Å². The predicted molar refractivity (Wildman–Crippen MR) is 109 cm³/mol. The van der Waals surface area contributed by atoms with Gasteiger partial charge in [0.25, 0.3) is 0 Å². The van der Waals surface area contributed by atoms with E-state index >= 15 is 0 Å². The van der Waals surface area contributed by atoms with Crippen LogP contribution in [0.15, 0.2) is 41.3 Å². The molecule has 2 aromatic carbocycles. The summed E-state index contributed by atoms with van der Waals surface area (Å²) in [5.41, 5.74) is 2.39. The van der Waals surface area contributed by atoms with Crippen molar-refractivity contribution < 1.29 is 13.2 Å². The van der Waals surface area contributed by atoms with Gasteiger partial charge in [-0.25, -0.2) is 13.1 Å². The van der Waals surface area contributed by atoms with Crippen molar-refractivity contribution in [2.24, 2.45) is 0 Å². The van der Waals surface area contributed by atoms with Gasteiger partial charge in [-0.3, -0.25) is 4.79 Å². The van der Waals surface area contributed by atoms with Gasteiger partial charge in [-0.05, 0) is 50.1 Å². The second-order valence-corrected chi connectivity index (χ2v) is 8.95. The lowest BCUT2D eigenvalue weighted by Gasteiger charge is -2.16. The summed E-state index contributed by atoms with van der Waals surface area (Å²) in [6.45, 7) is 5.44. The molecule has 0 aliphatic rings. The molecule has 2 aromatic rings. The Morgan fingerprint density at radius 2 is 1.81 bits per heavy atom. The van der Waals surface area contributed by atoms with Gasteiger partial charge in [0.05, 0.1) is 10.9 Å². The minimum Gasteiger partial charge on any atom is -0.349 e. The van der Waals surface area contributed by atoms with Gasteiger partial charge in [0.1, 0.15) is 0 Å². The molecule has 0 heterocycles. The summed E-state index contributed by atoms with van der Waals surface area (Å²) in [4.78, 5) is 12.3. The van der Waals surface area contributed by atoms with E-state index < -0.39 is 10.0 Å². The van der Waals surface area contributed by atoms with Crippen LogP contribution in [0.3, 0.4) is 0 Å². The summed E-state index contributed by atoms with van der Waals surface area (Å²) in [5, 5.41) is 3.78.